The van der Waals surface area contributed by atoms with Crippen LogP contribution >= 0.6 is 0 Å². The Bertz CT molecular complexity index is 1230. The second kappa shape index (κ2) is 7.64. The molecule has 0 radical (unpaired) electrons. The fraction of sp³-hybridized carbons (Fsp3) is 0.387. The normalized spacial score (nSPS) is 33.2. The van der Waals surface area contributed by atoms with Crippen molar-refractivity contribution in [2.75, 3.05) is 6.61 Å². The van der Waals surface area contributed by atoms with E-state index >= 15 is 0 Å². The molecule has 178 valence electrons. The number of carbonyl (C=O) groups is 1. The minimum Gasteiger partial charge on any atom is -0.482 e. The molecular formula is C31H31O3S+. The summed E-state index contributed by atoms with van der Waals surface area (Å²) >= 11 is 0. The maximum atomic E-state index is 12.8. The smallest absolute Gasteiger partial charge is 0.344 e. The molecule has 7 rings (SSSR count). The van der Waals surface area contributed by atoms with Gasteiger partial charge < -0.3 is 9.47 Å². The van der Waals surface area contributed by atoms with Crippen LogP contribution in [0.3, 0.4) is 0 Å². The largest absolute Gasteiger partial charge is 0.482 e. The summed E-state index contributed by atoms with van der Waals surface area (Å²) in [4.78, 5) is 16.6. The van der Waals surface area contributed by atoms with Gasteiger partial charge in [0.15, 0.2) is 21.3 Å². The van der Waals surface area contributed by atoms with Crippen LogP contribution in [0.2, 0.25) is 0 Å². The minimum absolute atomic E-state index is 0.0310. The molecule has 4 aliphatic rings. The van der Waals surface area contributed by atoms with Crippen molar-refractivity contribution < 1.29 is 14.3 Å². The molecule has 0 N–H and O–H groups in total. The molecule has 1 spiro atoms. The van der Waals surface area contributed by atoms with E-state index in [2.05, 4.69) is 86.6 Å². The van der Waals surface area contributed by atoms with Gasteiger partial charge in [-0.2, -0.15) is 0 Å². The molecule has 4 unspecified atom stereocenters. The van der Waals surface area contributed by atoms with E-state index in [9.17, 15) is 4.79 Å². The molecule has 4 atom stereocenters. The van der Waals surface area contributed by atoms with Gasteiger partial charge in [-0.15, -0.1) is 0 Å². The Hall–Kier alpha value is -2.72. The zero-order valence-corrected chi connectivity index (χ0v) is 21.1. The zero-order chi connectivity index (χ0) is 23.8. The third-order valence-corrected chi connectivity index (χ3v) is 12.0. The molecule has 3 nitrogen and oxygen atoms in total. The first kappa shape index (κ1) is 21.6. The molecule has 3 aromatic rings. The highest BCUT2D eigenvalue weighted by atomic mass is 32.2. The third-order valence-electron chi connectivity index (χ3n) is 9.63. The second-order valence-corrected chi connectivity index (χ2v) is 13.0. The summed E-state index contributed by atoms with van der Waals surface area (Å²) in [6, 6.07) is 27.5. The predicted octanol–water partition coefficient (Wildman–Crippen LogP) is 6.45. The lowest BCUT2D eigenvalue weighted by Crippen LogP contribution is -2.90. The van der Waals surface area contributed by atoms with Crippen molar-refractivity contribution in [1.29, 1.82) is 0 Å². The molecule has 0 heterocycles. The summed E-state index contributed by atoms with van der Waals surface area (Å²) < 4.78 is 12.0. The highest BCUT2D eigenvalue weighted by Crippen LogP contribution is 2.90. The SMILES string of the molecule is Cc1cc(OCC(=O)OC2(C)C3CC4CC5CC2C453)ccc1[S+](c1ccccc1)c1ccccc1. The van der Waals surface area contributed by atoms with Gasteiger partial charge in [-0.05, 0) is 92.8 Å². The fourth-order valence-electron chi connectivity index (χ4n) is 8.17. The van der Waals surface area contributed by atoms with Crippen molar-refractivity contribution in [3.63, 3.8) is 0 Å². The number of aryl methyl sites for hydroxylation is 1. The maximum absolute atomic E-state index is 12.8. The lowest BCUT2D eigenvalue weighted by molar-refractivity contribution is -0.455. The summed E-state index contributed by atoms with van der Waals surface area (Å²) in [6.45, 7) is 4.26. The molecule has 0 bridgehead atoms. The fourth-order valence-corrected chi connectivity index (χ4v) is 10.4. The van der Waals surface area contributed by atoms with Crippen LogP contribution < -0.4 is 4.74 Å². The summed E-state index contributed by atoms with van der Waals surface area (Å²) in [6.07, 6.45) is 3.93. The van der Waals surface area contributed by atoms with Crippen molar-refractivity contribution in [3.8, 4) is 5.75 Å². The Kier molecular flexibility index (Phi) is 4.70. The van der Waals surface area contributed by atoms with Gasteiger partial charge in [-0.3, -0.25) is 0 Å². The Morgan fingerprint density at radius 1 is 0.886 bits per heavy atom. The van der Waals surface area contributed by atoms with Crippen LogP contribution in [0.25, 0.3) is 0 Å². The van der Waals surface area contributed by atoms with Crippen molar-refractivity contribution in [1.82, 2.24) is 0 Å². The lowest BCUT2D eigenvalue weighted by Gasteiger charge is -2.90. The third kappa shape index (κ3) is 2.89. The van der Waals surface area contributed by atoms with Gasteiger partial charge in [-0.1, -0.05) is 36.4 Å². The highest BCUT2D eigenvalue weighted by Gasteiger charge is 2.89. The molecule has 35 heavy (non-hydrogen) atoms. The minimum atomic E-state index is -0.257. The maximum Gasteiger partial charge on any atom is 0.344 e. The van der Waals surface area contributed by atoms with Crippen LogP contribution in [0.1, 0.15) is 31.7 Å². The van der Waals surface area contributed by atoms with E-state index < -0.39 is 0 Å². The van der Waals surface area contributed by atoms with Crippen LogP contribution in [0.15, 0.2) is 93.5 Å². The molecule has 4 heteroatoms. The Morgan fingerprint density at radius 3 is 2.03 bits per heavy atom. The molecule has 3 aromatic carbocycles. The van der Waals surface area contributed by atoms with Crippen molar-refractivity contribution in [2.24, 2.45) is 29.1 Å². The number of benzene rings is 3. The van der Waals surface area contributed by atoms with E-state index in [-0.39, 0.29) is 29.1 Å². The summed E-state index contributed by atoms with van der Waals surface area (Å²) in [5.41, 5.74) is 1.48. The van der Waals surface area contributed by atoms with E-state index in [1.54, 1.807) is 0 Å². The molecule has 4 aliphatic carbocycles. The van der Waals surface area contributed by atoms with E-state index in [1.807, 2.05) is 6.07 Å². The van der Waals surface area contributed by atoms with Gasteiger partial charge in [0.05, 0.1) is 10.9 Å². The van der Waals surface area contributed by atoms with Crippen LogP contribution in [-0.2, 0) is 20.4 Å². The first-order valence-electron chi connectivity index (χ1n) is 12.8. The van der Waals surface area contributed by atoms with Gasteiger partial charge >= 0.3 is 5.97 Å². The predicted molar refractivity (Wildman–Crippen MR) is 136 cm³/mol. The van der Waals surface area contributed by atoms with Gasteiger partial charge in [-0.25, -0.2) is 4.79 Å². The first-order chi connectivity index (χ1) is 17.0. The molecule has 4 saturated carbocycles. The molecule has 4 fully saturated rings. The molecule has 0 amide bonds. The van der Waals surface area contributed by atoms with Crippen LogP contribution in [0.4, 0.5) is 0 Å². The van der Waals surface area contributed by atoms with Gasteiger partial charge in [0, 0.05) is 17.4 Å². The van der Waals surface area contributed by atoms with Crippen LogP contribution in [-0.4, -0.2) is 18.2 Å². The standard InChI is InChI=1S/C31H31O3S/c1-20-15-23(13-14-26(20)35(24-9-5-3-6-10-24)25-11-7-4-8-12-25)33-19-29(32)34-30(2)27-17-21-16-22-18-28(30)31(21,22)27/h3-15,21-22,27-28H,16-19H2,1-2H3/q+1. The monoisotopic (exact) mass is 483 g/mol. The van der Waals surface area contributed by atoms with Crippen molar-refractivity contribution >= 4 is 16.9 Å². The molecule has 0 aromatic heterocycles. The number of hydrogen-bond donors (Lipinski definition) is 0. The molecule has 0 aliphatic heterocycles. The van der Waals surface area contributed by atoms with Gasteiger partial charge in [0.25, 0.3) is 0 Å². The second-order valence-electron chi connectivity index (χ2n) is 11.0. The van der Waals surface area contributed by atoms with E-state index in [0.717, 1.165) is 23.1 Å². The highest BCUT2D eigenvalue weighted by molar-refractivity contribution is 7.97. The van der Waals surface area contributed by atoms with Crippen LogP contribution in [0.5, 0.6) is 5.75 Å². The number of carbonyl (C=O) groups excluding carboxylic acids is 1. The Balaban J connectivity index is 1.05. The number of hydrogen-bond acceptors (Lipinski definition) is 3. The van der Waals surface area contributed by atoms with Crippen molar-refractivity contribution in [2.45, 2.75) is 53.4 Å². The number of esters is 1. The molecular weight excluding hydrogens is 452 g/mol. The quantitative estimate of drug-likeness (QED) is 0.286. The number of ether oxygens (including phenoxy) is 2. The van der Waals surface area contributed by atoms with E-state index in [4.69, 9.17) is 9.47 Å². The summed E-state index contributed by atoms with van der Waals surface area (Å²) in [7, 11) is -0.204. The molecule has 0 saturated heterocycles. The van der Waals surface area contributed by atoms with Gasteiger partial charge in [0.2, 0.25) is 0 Å². The Labute approximate surface area is 210 Å². The number of rotatable bonds is 7. The summed E-state index contributed by atoms with van der Waals surface area (Å²) in [5, 5.41) is 0. The van der Waals surface area contributed by atoms with Gasteiger partial charge in [0.1, 0.15) is 11.4 Å². The lowest BCUT2D eigenvalue weighted by atomic mass is 9.15. The average Bonchev–Trinajstić information content (AvgIpc) is 2.83. The van der Waals surface area contributed by atoms with Crippen molar-refractivity contribution in [3.05, 3.63) is 84.4 Å². The van der Waals surface area contributed by atoms with E-state index in [0.29, 0.717) is 17.3 Å². The van der Waals surface area contributed by atoms with E-state index in [1.165, 1.54) is 33.9 Å². The first-order valence-corrected chi connectivity index (χ1v) is 14.0. The Morgan fingerprint density at radius 2 is 1.49 bits per heavy atom. The topological polar surface area (TPSA) is 35.5 Å². The average molecular weight is 484 g/mol. The van der Waals surface area contributed by atoms with Crippen LogP contribution in [0, 0.1) is 36.0 Å². The zero-order valence-electron chi connectivity index (χ0n) is 20.3. The summed E-state index contributed by atoms with van der Waals surface area (Å²) in [5.74, 6) is 3.53.